The highest BCUT2D eigenvalue weighted by molar-refractivity contribution is 5.72. The van der Waals surface area contributed by atoms with E-state index in [1.807, 2.05) is 0 Å². The topological polar surface area (TPSA) is 87.0 Å². The summed E-state index contributed by atoms with van der Waals surface area (Å²) in [6.07, 6.45) is 16.3. The number of carboxylic acids is 1. The fourth-order valence-electron chi connectivity index (χ4n) is 3.08. The highest BCUT2D eigenvalue weighted by Gasteiger charge is 2.18. The van der Waals surface area contributed by atoms with Gasteiger partial charge in [-0.15, -0.1) is 0 Å². The van der Waals surface area contributed by atoms with Gasteiger partial charge in [0.2, 0.25) is 0 Å². The summed E-state index contributed by atoms with van der Waals surface area (Å²) >= 11 is 0. The fourth-order valence-corrected chi connectivity index (χ4v) is 3.08. The van der Waals surface area contributed by atoms with E-state index in [2.05, 4.69) is 6.92 Å². The minimum Gasteiger partial charge on any atom is -0.479 e. The first kappa shape index (κ1) is 25.4. The highest BCUT2D eigenvalue weighted by atomic mass is 16.5. The van der Waals surface area contributed by atoms with Gasteiger partial charge in [-0.3, -0.25) is 0 Å². The standard InChI is InChI=1S/C21H42O5/c1-2-3-4-5-6-7-8-9-10-11-12-13-14-15-16-20(21(24)25)26-18-19(23)17-22/h19-20,22-23H,2-18H2,1H3,(H,24,25). The van der Waals surface area contributed by atoms with Gasteiger partial charge in [0.1, 0.15) is 6.10 Å². The number of rotatable bonds is 20. The second-order valence-corrected chi connectivity index (χ2v) is 7.38. The van der Waals surface area contributed by atoms with E-state index in [4.69, 9.17) is 14.9 Å². The van der Waals surface area contributed by atoms with Crippen LogP contribution in [0, 0.1) is 0 Å². The molecule has 0 aromatic carbocycles. The zero-order valence-electron chi connectivity index (χ0n) is 16.8. The van der Waals surface area contributed by atoms with Gasteiger partial charge in [0.25, 0.3) is 0 Å². The van der Waals surface area contributed by atoms with Gasteiger partial charge in [-0.1, -0.05) is 96.8 Å². The Morgan fingerprint density at radius 3 is 1.62 bits per heavy atom. The molecule has 2 unspecified atom stereocenters. The SMILES string of the molecule is CCCCCCCCCCCCCCCCC(OCC(O)CO)C(=O)O. The number of carbonyl (C=O) groups is 1. The number of aliphatic hydroxyl groups excluding tert-OH is 2. The molecule has 2 atom stereocenters. The first-order chi connectivity index (χ1) is 12.6. The van der Waals surface area contributed by atoms with Gasteiger partial charge in [0, 0.05) is 0 Å². The summed E-state index contributed by atoms with van der Waals surface area (Å²) in [5, 5.41) is 27.0. The molecule has 0 radical (unpaired) electrons. The monoisotopic (exact) mass is 374 g/mol. The number of hydrogen-bond donors (Lipinski definition) is 3. The molecule has 0 heterocycles. The van der Waals surface area contributed by atoms with Crippen molar-refractivity contribution in [2.24, 2.45) is 0 Å². The van der Waals surface area contributed by atoms with Crippen molar-refractivity contribution in [3.8, 4) is 0 Å². The molecule has 5 heteroatoms. The molecule has 0 aliphatic heterocycles. The highest BCUT2D eigenvalue weighted by Crippen LogP contribution is 2.14. The van der Waals surface area contributed by atoms with Crippen molar-refractivity contribution < 1.29 is 24.9 Å². The molecule has 26 heavy (non-hydrogen) atoms. The van der Waals surface area contributed by atoms with Crippen molar-refractivity contribution in [2.75, 3.05) is 13.2 Å². The zero-order chi connectivity index (χ0) is 19.5. The van der Waals surface area contributed by atoms with Crippen LogP contribution in [0.4, 0.5) is 0 Å². The van der Waals surface area contributed by atoms with Gasteiger partial charge in [-0.2, -0.15) is 0 Å². The number of carboxylic acid groups (broad SMARTS) is 1. The van der Waals surface area contributed by atoms with E-state index in [-0.39, 0.29) is 6.61 Å². The van der Waals surface area contributed by atoms with E-state index in [9.17, 15) is 9.90 Å². The molecule has 0 aliphatic carbocycles. The van der Waals surface area contributed by atoms with E-state index in [0.29, 0.717) is 6.42 Å². The zero-order valence-corrected chi connectivity index (χ0v) is 16.8. The maximum absolute atomic E-state index is 11.1. The van der Waals surface area contributed by atoms with Crippen LogP contribution in [0.25, 0.3) is 0 Å². The average molecular weight is 375 g/mol. The van der Waals surface area contributed by atoms with Crippen LogP contribution in [-0.2, 0) is 9.53 Å². The Kier molecular flexibility index (Phi) is 18.6. The lowest BCUT2D eigenvalue weighted by Gasteiger charge is -2.15. The molecule has 0 rings (SSSR count). The minimum atomic E-state index is -1.01. The lowest BCUT2D eigenvalue weighted by atomic mass is 10.0. The fraction of sp³-hybridized carbons (Fsp3) is 0.952. The van der Waals surface area contributed by atoms with Crippen molar-refractivity contribution in [3.63, 3.8) is 0 Å². The molecular weight excluding hydrogens is 332 g/mol. The van der Waals surface area contributed by atoms with Crippen molar-refractivity contribution in [1.29, 1.82) is 0 Å². The van der Waals surface area contributed by atoms with Gasteiger partial charge < -0.3 is 20.1 Å². The van der Waals surface area contributed by atoms with Gasteiger partial charge in [0.15, 0.2) is 6.10 Å². The van der Waals surface area contributed by atoms with Gasteiger partial charge in [-0.05, 0) is 6.42 Å². The van der Waals surface area contributed by atoms with E-state index in [0.717, 1.165) is 19.3 Å². The third kappa shape index (κ3) is 16.8. The Morgan fingerprint density at radius 1 is 0.808 bits per heavy atom. The number of aliphatic carboxylic acids is 1. The average Bonchev–Trinajstić information content (AvgIpc) is 2.63. The summed E-state index contributed by atoms with van der Waals surface area (Å²) in [7, 11) is 0. The maximum atomic E-state index is 11.1. The van der Waals surface area contributed by atoms with Crippen LogP contribution in [0.1, 0.15) is 103 Å². The summed E-state index contributed by atoms with van der Waals surface area (Å²) in [4.78, 5) is 11.1. The van der Waals surface area contributed by atoms with Gasteiger partial charge >= 0.3 is 5.97 Å². The lowest BCUT2D eigenvalue weighted by molar-refractivity contribution is -0.153. The molecule has 0 aliphatic rings. The maximum Gasteiger partial charge on any atom is 0.332 e. The van der Waals surface area contributed by atoms with Crippen molar-refractivity contribution in [3.05, 3.63) is 0 Å². The molecule has 3 N–H and O–H groups in total. The second kappa shape index (κ2) is 19.1. The molecule has 0 saturated heterocycles. The number of unbranched alkanes of at least 4 members (excludes halogenated alkanes) is 13. The Labute approximate surface area is 160 Å². The quantitative estimate of drug-likeness (QED) is 0.269. The summed E-state index contributed by atoms with van der Waals surface area (Å²) in [6.45, 7) is 1.71. The van der Waals surface area contributed by atoms with Crippen molar-refractivity contribution in [1.82, 2.24) is 0 Å². The minimum absolute atomic E-state index is 0.133. The number of hydrogen-bond acceptors (Lipinski definition) is 4. The lowest BCUT2D eigenvalue weighted by Crippen LogP contribution is -2.29. The molecule has 0 aromatic rings. The van der Waals surface area contributed by atoms with Crippen LogP contribution in [-0.4, -0.2) is 46.7 Å². The van der Waals surface area contributed by atoms with E-state index < -0.39 is 24.8 Å². The second-order valence-electron chi connectivity index (χ2n) is 7.38. The molecule has 156 valence electrons. The van der Waals surface area contributed by atoms with Crippen LogP contribution >= 0.6 is 0 Å². The van der Waals surface area contributed by atoms with Crippen molar-refractivity contribution >= 4 is 5.97 Å². The van der Waals surface area contributed by atoms with Crippen molar-refractivity contribution in [2.45, 2.75) is 115 Å². The number of ether oxygens (including phenoxy) is 1. The van der Waals surface area contributed by atoms with Gasteiger partial charge in [-0.25, -0.2) is 4.79 Å². The molecule has 0 bridgehead atoms. The van der Waals surface area contributed by atoms with Crippen LogP contribution in [0.5, 0.6) is 0 Å². The molecule has 0 spiro atoms. The Balaban J connectivity index is 3.39. The molecule has 0 saturated carbocycles. The Morgan fingerprint density at radius 2 is 1.23 bits per heavy atom. The molecule has 0 fully saturated rings. The summed E-state index contributed by atoms with van der Waals surface area (Å²) in [5.41, 5.74) is 0. The Bertz CT molecular complexity index is 309. The predicted octanol–water partition coefficient (Wildman–Crippen LogP) is 4.68. The van der Waals surface area contributed by atoms with Gasteiger partial charge in [0.05, 0.1) is 13.2 Å². The van der Waals surface area contributed by atoms with Crippen LogP contribution < -0.4 is 0 Å². The third-order valence-electron chi connectivity index (χ3n) is 4.80. The molecule has 0 aromatic heterocycles. The van der Waals surface area contributed by atoms with E-state index in [1.165, 1.54) is 70.6 Å². The summed E-state index contributed by atoms with van der Waals surface area (Å²) in [6, 6.07) is 0. The van der Waals surface area contributed by atoms with Crippen LogP contribution in [0.3, 0.4) is 0 Å². The summed E-state index contributed by atoms with van der Waals surface area (Å²) in [5.74, 6) is -0.996. The third-order valence-corrected chi connectivity index (χ3v) is 4.80. The van der Waals surface area contributed by atoms with E-state index >= 15 is 0 Å². The number of aliphatic hydroxyl groups is 2. The van der Waals surface area contributed by atoms with Crippen LogP contribution in [0.15, 0.2) is 0 Å². The molecular formula is C21H42O5. The van der Waals surface area contributed by atoms with E-state index in [1.54, 1.807) is 0 Å². The Hall–Kier alpha value is -0.650. The van der Waals surface area contributed by atoms with Crippen LogP contribution in [0.2, 0.25) is 0 Å². The normalized spacial score (nSPS) is 13.7. The largest absolute Gasteiger partial charge is 0.479 e. The molecule has 5 nitrogen and oxygen atoms in total. The smallest absolute Gasteiger partial charge is 0.332 e. The predicted molar refractivity (Wildman–Crippen MR) is 105 cm³/mol. The molecule has 0 amide bonds. The first-order valence-corrected chi connectivity index (χ1v) is 10.7. The first-order valence-electron chi connectivity index (χ1n) is 10.7. The summed E-state index contributed by atoms with van der Waals surface area (Å²) < 4.78 is 5.16.